The van der Waals surface area contributed by atoms with Gasteiger partial charge in [-0.1, -0.05) is 52.0 Å². The first-order valence-corrected chi connectivity index (χ1v) is 8.54. The van der Waals surface area contributed by atoms with E-state index in [4.69, 9.17) is 5.73 Å². The zero-order valence-corrected chi connectivity index (χ0v) is 14.6. The summed E-state index contributed by atoms with van der Waals surface area (Å²) < 4.78 is 0. The molecule has 2 nitrogen and oxygen atoms in total. The standard InChI is InChI=1S/C19H34N2/c1-6-17(7-2)21(14-15(3)4)13-12-19(20)18-11-9-8-10-16(18)5/h8-11,15,17,19H,6-7,12-14,20H2,1-5H3. The van der Waals surface area contributed by atoms with Crippen molar-refractivity contribution in [3.63, 3.8) is 0 Å². The van der Waals surface area contributed by atoms with Crippen LogP contribution in [0.25, 0.3) is 0 Å². The number of rotatable bonds is 9. The molecule has 0 amide bonds. The van der Waals surface area contributed by atoms with Crippen LogP contribution in [0.1, 0.15) is 64.1 Å². The van der Waals surface area contributed by atoms with Crippen molar-refractivity contribution in [3.05, 3.63) is 35.4 Å². The Bertz CT molecular complexity index is 396. The summed E-state index contributed by atoms with van der Waals surface area (Å²) in [4.78, 5) is 2.64. The van der Waals surface area contributed by atoms with Gasteiger partial charge in [-0.15, -0.1) is 0 Å². The predicted octanol–water partition coefficient (Wildman–Crippen LogP) is 4.53. The summed E-state index contributed by atoms with van der Waals surface area (Å²) in [6, 6.07) is 9.34. The van der Waals surface area contributed by atoms with E-state index >= 15 is 0 Å². The van der Waals surface area contributed by atoms with Gasteiger partial charge in [0.15, 0.2) is 0 Å². The van der Waals surface area contributed by atoms with Gasteiger partial charge < -0.3 is 10.6 Å². The number of nitrogens with zero attached hydrogens (tertiary/aromatic N) is 1. The Morgan fingerprint density at radius 1 is 1.10 bits per heavy atom. The number of benzene rings is 1. The molecule has 0 saturated heterocycles. The van der Waals surface area contributed by atoms with Crippen LogP contribution in [0.2, 0.25) is 0 Å². The quantitative estimate of drug-likeness (QED) is 0.724. The molecule has 0 aliphatic rings. The van der Waals surface area contributed by atoms with E-state index in [1.54, 1.807) is 0 Å². The maximum absolute atomic E-state index is 6.43. The Balaban J connectivity index is 2.65. The second-order valence-electron chi connectivity index (χ2n) is 6.61. The van der Waals surface area contributed by atoms with Crippen LogP contribution in [0, 0.1) is 12.8 Å². The number of hydrogen-bond acceptors (Lipinski definition) is 2. The first kappa shape index (κ1) is 18.2. The second-order valence-corrected chi connectivity index (χ2v) is 6.61. The van der Waals surface area contributed by atoms with E-state index in [-0.39, 0.29) is 6.04 Å². The van der Waals surface area contributed by atoms with Gasteiger partial charge in [0.1, 0.15) is 0 Å². The largest absolute Gasteiger partial charge is 0.324 e. The minimum absolute atomic E-state index is 0.148. The molecule has 1 unspecified atom stereocenters. The van der Waals surface area contributed by atoms with Crippen molar-refractivity contribution in [1.82, 2.24) is 4.90 Å². The summed E-state index contributed by atoms with van der Waals surface area (Å²) in [5, 5.41) is 0. The molecule has 1 atom stereocenters. The van der Waals surface area contributed by atoms with Crippen LogP contribution in [0.4, 0.5) is 0 Å². The first-order chi connectivity index (χ1) is 9.99. The van der Waals surface area contributed by atoms with E-state index in [0.29, 0.717) is 12.0 Å². The lowest BCUT2D eigenvalue weighted by Crippen LogP contribution is -2.39. The molecule has 2 N–H and O–H groups in total. The SMILES string of the molecule is CCC(CC)N(CCC(N)c1ccccc1C)CC(C)C. The van der Waals surface area contributed by atoms with E-state index in [1.165, 1.54) is 30.5 Å². The van der Waals surface area contributed by atoms with Crippen molar-refractivity contribution in [2.45, 2.75) is 66.0 Å². The number of nitrogens with two attached hydrogens (primary N) is 1. The lowest BCUT2D eigenvalue weighted by Gasteiger charge is -2.33. The van der Waals surface area contributed by atoms with E-state index in [9.17, 15) is 0 Å². The highest BCUT2D eigenvalue weighted by Crippen LogP contribution is 2.20. The van der Waals surface area contributed by atoms with Gasteiger partial charge in [0.25, 0.3) is 0 Å². The van der Waals surface area contributed by atoms with Gasteiger partial charge >= 0.3 is 0 Å². The highest BCUT2D eigenvalue weighted by atomic mass is 15.2. The molecule has 0 aromatic heterocycles. The maximum atomic E-state index is 6.43. The van der Waals surface area contributed by atoms with E-state index in [1.807, 2.05) is 0 Å². The molecule has 120 valence electrons. The van der Waals surface area contributed by atoms with Gasteiger partial charge in [-0.05, 0) is 43.2 Å². The van der Waals surface area contributed by atoms with Crippen LogP contribution in [-0.2, 0) is 0 Å². The van der Waals surface area contributed by atoms with Crippen LogP contribution in [0.15, 0.2) is 24.3 Å². The summed E-state index contributed by atoms with van der Waals surface area (Å²) in [5.41, 5.74) is 9.04. The molecule has 0 spiro atoms. The molecule has 0 radical (unpaired) electrons. The Kier molecular flexibility index (Phi) is 7.98. The summed E-state index contributed by atoms with van der Waals surface area (Å²) in [6.07, 6.45) is 3.49. The van der Waals surface area contributed by atoms with Crippen molar-refractivity contribution in [2.24, 2.45) is 11.7 Å². The first-order valence-electron chi connectivity index (χ1n) is 8.54. The molecule has 0 bridgehead atoms. The van der Waals surface area contributed by atoms with Crippen LogP contribution in [0.5, 0.6) is 0 Å². The van der Waals surface area contributed by atoms with E-state index in [2.05, 4.69) is 63.8 Å². The molecular weight excluding hydrogens is 256 g/mol. The minimum Gasteiger partial charge on any atom is -0.324 e. The third-order valence-corrected chi connectivity index (χ3v) is 4.37. The zero-order chi connectivity index (χ0) is 15.8. The summed E-state index contributed by atoms with van der Waals surface area (Å²) in [6.45, 7) is 13.6. The fraction of sp³-hybridized carbons (Fsp3) is 0.684. The number of hydrogen-bond donors (Lipinski definition) is 1. The second kappa shape index (κ2) is 9.22. The molecule has 1 rings (SSSR count). The average Bonchev–Trinajstić information content (AvgIpc) is 2.45. The topological polar surface area (TPSA) is 29.3 Å². The van der Waals surface area contributed by atoms with Crippen molar-refractivity contribution < 1.29 is 0 Å². The van der Waals surface area contributed by atoms with Crippen LogP contribution < -0.4 is 5.73 Å². The number of aryl methyl sites for hydroxylation is 1. The molecule has 0 saturated carbocycles. The van der Waals surface area contributed by atoms with Gasteiger partial charge in [0, 0.05) is 25.2 Å². The zero-order valence-electron chi connectivity index (χ0n) is 14.6. The highest BCUT2D eigenvalue weighted by Gasteiger charge is 2.18. The molecule has 0 fully saturated rings. The smallest absolute Gasteiger partial charge is 0.0309 e. The maximum Gasteiger partial charge on any atom is 0.0309 e. The van der Waals surface area contributed by atoms with E-state index < -0.39 is 0 Å². The molecule has 1 aromatic carbocycles. The fourth-order valence-electron chi connectivity index (χ4n) is 3.16. The van der Waals surface area contributed by atoms with Crippen LogP contribution >= 0.6 is 0 Å². The van der Waals surface area contributed by atoms with E-state index in [0.717, 1.165) is 13.0 Å². The van der Waals surface area contributed by atoms with Crippen LogP contribution in [0.3, 0.4) is 0 Å². The molecule has 2 heteroatoms. The molecule has 21 heavy (non-hydrogen) atoms. The minimum atomic E-state index is 0.148. The monoisotopic (exact) mass is 290 g/mol. The Morgan fingerprint density at radius 3 is 2.24 bits per heavy atom. The Labute approximate surface area is 131 Å². The van der Waals surface area contributed by atoms with Crippen molar-refractivity contribution >= 4 is 0 Å². The van der Waals surface area contributed by atoms with Gasteiger partial charge in [0.2, 0.25) is 0 Å². The molecule has 1 aromatic rings. The lowest BCUT2D eigenvalue weighted by atomic mass is 9.98. The third-order valence-electron chi connectivity index (χ3n) is 4.37. The lowest BCUT2D eigenvalue weighted by molar-refractivity contribution is 0.160. The Morgan fingerprint density at radius 2 is 1.71 bits per heavy atom. The normalized spacial score (nSPS) is 13.4. The van der Waals surface area contributed by atoms with Gasteiger partial charge in [0.05, 0.1) is 0 Å². The van der Waals surface area contributed by atoms with Gasteiger partial charge in [-0.25, -0.2) is 0 Å². The highest BCUT2D eigenvalue weighted by molar-refractivity contribution is 5.28. The summed E-state index contributed by atoms with van der Waals surface area (Å²) in [7, 11) is 0. The van der Waals surface area contributed by atoms with Crippen molar-refractivity contribution in [2.75, 3.05) is 13.1 Å². The fourth-order valence-corrected chi connectivity index (χ4v) is 3.16. The Hall–Kier alpha value is -0.860. The third kappa shape index (κ3) is 5.80. The van der Waals surface area contributed by atoms with Crippen molar-refractivity contribution in [1.29, 1.82) is 0 Å². The molecule has 0 heterocycles. The summed E-state index contributed by atoms with van der Waals surface area (Å²) in [5.74, 6) is 0.709. The molecule has 0 aliphatic carbocycles. The van der Waals surface area contributed by atoms with Crippen molar-refractivity contribution in [3.8, 4) is 0 Å². The predicted molar refractivity (Wildman–Crippen MR) is 93.5 cm³/mol. The molecule has 0 aliphatic heterocycles. The average molecular weight is 290 g/mol. The van der Waals surface area contributed by atoms with Gasteiger partial charge in [-0.2, -0.15) is 0 Å². The summed E-state index contributed by atoms with van der Waals surface area (Å²) >= 11 is 0. The van der Waals surface area contributed by atoms with Gasteiger partial charge in [-0.3, -0.25) is 0 Å². The molecular formula is C19H34N2. The van der Waals surface area contributed by atoms with Crippen LogP contribution in [-0.4, -0.2) is 24.0 Å².